The molecule has 0 heterocycles. The summed E-state index contributed by atoms with van der Waals surface area (Å²) in [5, 5.41) is 5.68. The number of hydrogen-bond donors (Lipinski definition) is 3. The zero-order chi connectivity index (χ0) is 14.3. The van der Waals surface area contributed by atoms with E-state index in [1.807, 2.05) is 20.8 Å². The average Bonchev–Trinajstić information content (AvgIpc) is 2.37. The van der Waals surface area contributed by atoms with Crippen molar-refractivity contribution in [1.82, 2.24) is 5.32 Å². The molecule has 0 aliphatic heterocycles. The molecule has 5 nitrogen and oxygen atoms in total. The molecule has 0 aromatic heterocycles. The van der Waals surface area contributed by atoms with Gasteiger partial charge in [0.05, 0.1) is 12.6 Å². The van der Waals surface area contributed by atoms with E-state index in [0.717, 1.165) is 0 Å². The lowest BCUT2D eigenvalue weighted by atomic mass is 10.1. The molecule has 0 saturated heterocycles. The van der Waals surface area contributed by atoms with Gasteiger partial charge < -0.3 is 21.1 Å². The summed E-state index contributed by atoms with van der Waals surface area (Å²) in [4.78, 5) is 11.9. The van der Waals surface area contributed by atoms with Gasteiger partial charge in [-0.15, -0.1) is 0 Å². The number of nitrogens with two attached hydrogens (primary N) is 1. The first-order chi connectivity index (χ1) is 9.02. The van der Waals surface area contributed by atoms with Crippen LogP contribution < -0.4 is 16.4 Å². The first-order valence-corrected chi connectivity index (χ1v) is 6.53. The third-order valence-corrected chi connectivity index (χ3v) is 2.79. The van der Waals surface area contributed by atoms with Crippen molar-refractivity contribution >= 4 is 17.4 Å². The summed E-state index contributed by atoms with van der Waals surface area (Å²) in [6.07, 6.45) is 0. The minimum Gasteiger partial charge on any atom is -0.399 e. The Balaban J connectivity index is 2.50. The second-order valence-electron chi connectivity index (χ2n) is 4.73. The average molecular weight is 265 g/mol. The van der Waals surface area contributed by atoms with Gasteiger partial charge in [-0.1, -0.05) is 13.8 Å². The first kappa shape index (κ1) is 15.3. The summed E-state index contributed by atoms with van der Waals surface area (Å²) in [7, 11) is 0. The summed E-state index contributed by atoms with van der Waals surface area (Å²) < 4.78 is 5.36. The van der Waals surface area contributed by atoms with Gasteiger partial charge in [-0.2, -0.15) is 0 Å². The Hall–Kier alpha value is -1.75. The van der Waals surface area contributed by atoms with Crippen molar-refractivity contribution in [3.63, 3.8) is 0 Å². The van der Waals surface area contributed by atoms with Crippen LogP contribution in [0.5, 0.6) is 0 Å². The van der Waals surface area contributed by atoms with Crippen molar-refractivity contribution in [2.24, 2.45) is 5.92 Å². The molecule has 19 heavy (non-hydrogen) atoms. The van der Waals surface area contributed by atoms with Gasteiger partial charge in [0.1, 0.15) is 0 Å². The molecule has 0 fully saturated rings. The van der Waals surface area contributed by atoms with Crippen LogP contribution in [0.15, 0.2) is 24.3 Å². The van der Waals surface area contributed by atoms with E-state index in [-0.39, 0.29) is 12.1 Å². The Morgan fingerprint density at radius 2 is 1.95 bits per heavy atom. The zero-order valence-corrected chi connectivity index (χ0v) is 11.8. The number of carbonyl (C=O) groups is 1. The van der Waals surface area contributed by atoms with Crippen molar-refractivity contribution in [3.8, 4) is 0 Å². The number of urea groups is 1. The largest absolute Gasteiger partial charge is 0.399 e. The summed E-state index contributed by atoms with van der Waals surface area (Å²) in [5.74, 6) is 0.309. The van der Waals surface area contributed by atoms with Gasteiger partial charge in [-0.05, 0) is 37.1 Å². The quantitative estimate of drug-likeness (QED) is 0.691. The van der Waals surface area contributed by atoms with E-state index in [4.69, 9.17) is 10.5 Å². The van der Waals surface area contributed by atoms with Crippen LogP contribution in [0.4, 0.5) is 16.2 Å². The van der Waals surface area contributed by atoms with Crippen LogP contribution in [0.25, 0.3) is 0 Å². The fraction of sp³-hybridized carbons (Fsp3) is 0.500. The van der Waals surface area contributed by atoms with Crippen LogP contribution >= 0.6 is 0 Å². The third kappa shape index (κ3) is 5.61. The molecule has 0 spiro atoms. The molecule has 0 aliphatic rings. The Kier molecular flexibility index (Phi) is 6.15. The number of rotatable bonds is 6. The minimum absolute atomic E-state index is 0.00580. The highest BCUT2D eigenvalue weighted by molar-refractivity contribution is 5.89. The molecule has 0 saturated carbocycles. The van der Waals surface area contributed by atoms with Crippen molar-refractivity contribution in [2.75, 3.05) is 24.3 Å². The number of carbonyl (C=O) groups excluding carboxylic acids is 1. The molecular weight excluding hydrogens is 242 g/mol. The van der Waals surface area contributed by atoms with Crippen LogP contribution in [-0.4, -0.2) is 25.3 Å². The van der Waals surface area contributed by atoms with Gasteiger partial charge >= 0.3 is 6.03 Å². The number of amides is 2. The zero-order valence-electron chi connectivity index (χ0n) is 11.8. The predicted molar refractivity (Wildman–Crippen MR) is 78.1 cm³/mol. The van der Waals surface area contributed by atoms with Gasteiger partial charge in [0.2, 0.25) is 0 Å². The number of nitrogens with one attached hydrogen (secondary N) is 2. The topological polar surface area (TPSA) is 76.4 Å². The fourth-order valence-corrected chi connectivity index (χ4v) is 1.55. The van der Waals surface area contributed by atoms with Gasteiger partial charge in [-0.25, -0.2) is 4.79 Å². The molecule has 2 amide bonds. The van der Waals surface area contributed by atoms with E-state index >= 15 is 0 Å². The molecule has 4 N–H and O–H groups in total. The van der Waals surface area contributed by atoms with Crippen molar-refractivity contribution in [3.05, 3.63) is 24.3 Å². The Morgan fingerprint density at radius 3 is 2.47 bits per heavy atom. The van der Waals surface area contributed by atoms with Crippen LogP contribution in [0, 0.1) is 5.92 Å². The summed E-state index contributed by atoms with van der Waals surface area (Å²) >= 11 is 0. The number of anilines is 2. The third-order valence-electron chi connectivity index (χ3n) is 2.79. The SMILES string of the molecule is CCOCC(NC(=O)Nc1ccc(N)cc1)C(C)C. The lowest BCUT2D eigenvalue weighted by Crippen LogP contribution is -2.44. The summed E-state index contributed by atoms with van der Waals surface area (Å²) in [6, 6.07) is 6.78. The smallest absolute Gasteiger partial charge is 0.319 e. The van der Waals surface area contributed by atoms with Crippen LogP contribution in [0.1, 0.15) is 20.8 Å². The Labute approximate surface area is 114 Å². The van der Waals surface area contributed by atoms with E-state index in [1.165, 1.54) is 0 Å². The van der Waals surface area contributed by atoms with E-state index in [2.05, 4.69) is 10.6 Å². The summed E-state index contributed by atoms with van der Waals surface area (Å²) in [6.45, 7) is 7.19. The highest BCUT2D eigenvalue weighted by Gasteiger charge is 2.16. The highest BCUT2D eigenvalue weighted by Crippen LogP contribution is 2.10. The van der Waals surface area contributed by atoms with E-state index in [1.54, 1.807) is 24.3 Å². The maximum atomic E-state index is 11.9. The van der Waals surface area contributed by atoms with Gasteiger partial charge in [0.25, 0.3) is 0 Å². The van der Waals surface area contributed by atoms with Crippen LogP contribution in [0.2, 0.25) is 0 Å². The lowest BCUT2D eigenvalue weighted by Gasteiger charge is -2.22. The van der Waals surface area contributed by atoms with E-state index < -0.39 is 0 Å². The molecule has 5 heteroatoms. The number of ether oxygens (including phenoxy) is 1. The van der Waals surface area contributed by atoms with E-state index in [0.29, 0.717) is 30.5 Å². The number of benzene rings is 1. The Bertz CT molecular complexity index is 390. The second kappa shape index (κ2) is 7.63. The molecule has 0 radical (unpaired) electrons. The predicted octanol–water partition coefficient (Wildman–Crippen LogP) is 2.45. The van der Waals surface area contributed by atoms with Gasteiger partial charge in [-0.3, -0.25) is 0 Å². The van der Waals surface area contributed by atoms with Crippen LogP contribution in [0.3, 0.4) is 0 Å². The standard InChI is InChI=1S/C14H23N3O2/c1-4-19-9-13(10(2)3)17-14(18)16-12-7-5-11(15)6-8-12/h5-8,10,13H,4,9,15H2,1-3H3,(H2,16,17,18). The molecule has 0 bridgehead atoms. The van der Waals surface area contributed by atoms with Crippen molar-refractivity contribution in [2.45, 2.75) is 26.8 Å². The monoisotopic (exact) mass is 265 g/mol. The second-order valence-corrected chi connectivity index (χ2v) is 4.73. The lowest BCUT2D eigenvalue weighted by molar-refractivity contribution is 0.111. The number of hydrogen-bond acceptors (Lipinski definition) is 3. The first-order valence-electron chi connectivity index (χ1n) is 6.53. The van der Waals surface area contributed by atoms with Crippen molar-refractivity contribution < 1.29 is 9.53 Å². The van der Waals surface area contributed by atoms with Gasteiger partial charge in [0, 0.05) is 18.0 Å². The number of nitrogen functional groups attached to an aromatic ring is 1. The molecule has 1 rings (SSSR count). The fourth-order valence-electron chi connectivity index (χ4n) is 1.55. The maximum Gasteiger partial charge on any atom is 0.319 e. The molecule has 1 atom stereocenters. The summed E-state index contributed by atoms with van der Waals surface area (Å²) in [5.41, 5.74) is 6.97. The molecule has 106 valence electrons. The molecular formula is C14H23N3O2. The highest BCUT2D eigenvalue weighted by atomic mass is 16.5. The van der Waals surface area contributed by atoms with Crippen LogP contribution in [-0.2, 0) is 4.74 Å². The normalized spacial score (nSPS) is 12.2. The molecule has 1 aromatic rings. The molecule has 1 aromatic carbocycles. The molecule has 1 unspecified atom stereocenters. The van der Waals surface area contributed by atoms with Crippen molar-refractivity contribution in [1.29, 1.82) is 0 Å². The van der Waals surface area contributed by atoms with Gasteiger partial charge in [0.15, 0.2) is 0 Å². The van der Waals surface area contributed by atoms with E-state index in [9.17, 15) is 4.79 Å². The maximum absolute atomic E-state index is 11.9. The minimum atomic E-state index is -0.233. The Morgan fingerprint density at radius 1 is 1.32 bits per heavy atom. The molecule has 0 aliphatic carbocycles.